The van der Waals surface area contributed by atoms with Crippen LogP contribution in [0.1, 0.15) is 11.1 Å². The Balaban J connectivity index is 2.68. The number of hydrazine groups is 1. The van der Waals surface area contributed by atoms with Crippen molar-refractivity contribution in [1.82, 2.24) is 10.9 Å². The Kier molecular flexibility index (Phi) is 4.49. The van der Waals surface area contributed by atoms with Crippen LogP contribution < -0.4 is 10.9 Å². The van der Waals surface area contributed by atoms with Crippen LogP contribution in [0, 0.1) is 0 Å². The molecule has 1 amide bonds. The fourth-order valence-electron chi connectivity index (χ4n) is 1.21. The van der Waals surface area contributed by atoms with Crippen molar-refractivity contribution in [2.45, 2.75) is 12.6 Å². The second kappa shape index (κ2) is 5.67. The Hall–Kier alpha value is -1.83. The normalized spacial score (nSPS) is 10.8. The molecule has 0 aliphatic rings. The zero-order chi connectivity index (χ0) is 13.8. The molecule has 4 nitrogen and oxygen atoms in total. The lowest BCUT2D eigenvalue weighted by atomic mass is 10.1. The predicted molar refractivity (Wildman–Crippen MR) is 62.0 cm³/mol. The first kappa shape index (κ1) is 14.2. The molecular weight excluding hydrogens is 269 g/mol. The summed E-state index contributed by atoms with van der Waals surface area (Å²) in [6.07, 6.45) is -5.73. The van der Waals surface area contributed by atoms with E-state index in [-0.39, 0.29) is 11.4 Å². The van der Waals surface area contributed by atoms with E-state index >= 15 is 0 Å². The van der Waals surface area contributed by atoms with Crippen LogP contribution in [0.5, 0.6) is 0 Å². The first-order chi connectivity index (χ1) is 8.29. The fourth-order valence-corrected chi connectivity index (χ4v) is 1.43. The minimum absolute atomic E-state index is 0.0134. The summed E-state index contributed by atoms with van der Waals surface area (Å²) in [5.41, 5.74) is 3.58. The maximum atomic E-state index is 12.4. The summed E-state index contributed by atoms with van der Waals surface area (Å²) in [5, 5.41) is 8.30. The number of amides is 1. The highest BCUT2D eigenvalue weighted by Crippen LogP contribution is 2.29. The summed E-state index contributed by atoms with van der Waals surface area (Å²) < 4.78 is 37.3. The first-order valence-electron chi connectivity index (χ1n) is 4.73. The minimum Gasteiger partial charge on any atom is -0.464 e. The van der Waals surface area contributed by atoms with Gasteiger partial charge in [-0.3, -0.25) is 5.43 Å². The Morgan fingerprint density at radius 3 is 2.56 bits per heavy atom. The fraction of sp³-hybridized carbons (Fsp3) is 0.200. The number of carboxylic acid groups (broad SMARTS) is 1. The van der Waals surface area contributed by atoms with Crippen LogP contribution in [0.2, 0.25) is 0 Å². The molecule has 1 aromatic rings. The highest BCUT2D eigenvalue weighted by molar-refractivity contribution is 7.80. The van der Waals surface area contributed by atoms with Gasteiger partial charge in [-0.25, -0.2) is 10.2 Å². The van der Waals surface area contributed by atoms with Crippen molar-refractivity contribution in [3.05, 3.63) is 35.4 Å². The van der Waals surface area contributed by atoms with Gasteiger partial charge in [0.05, 0.1) is 10.6 Å². The molecule has 0 saturated heterocycles. The number of benzene rings is 1. The molecule has 98 valence electrons. The molecule has 0 heterocycles. The van der Waals surface area contributed by atoms with Gasteiger partial charge in [0.2, 0.25) is 0 Å². The average molecular weight is 278 g/mol. The smallest absolute Gasteiger partial charge is 0.423 e. The van der Waals surface area contributed by atoms with Crippen LogP contribution in [0.15, 0.2) is 24.3 Å². The molecule has 0 aromatic heterocycles. The first-order valence-corrected chi connectivity index (χ1v) is 5.14. The van der Waals surface area contributed by atoms with Crippen molar-refractivity contribution in [1.29, 1.82) is 0 Å². The maximum absolute atomic E-state index is 12.4. The van der Waals surface area contributed by atoms with Crippen molar-refractivity contribution < 1.29 is 23.1 Å². The maximum Gasteiger partial charge on any atom is 0.423 e. The lowest BCUT2D eigenvalue weighted by Crippen LogP contribution is -2.40. The Morgan fingerprint density at radius 2 is 2.00 bits per heavy atom. The zero-order valence-corrected chi connectivity index (χ0v) is 9.73. The van der Waals surface area contributed by atoms with Gasteiger partial charge in [0.15, 0.2) is 0 Å². The standard InChI is InChI=1S/C10H9F3N2O2S/c11-10(12,13)7-3-1-2-6(4-7)5-8(18)14-15-9(16)17/h1-4,15H,5H2,(H,14,18)(H,16,17). The highest BCUT2D eigenvalue weighted by atomic mass is 32.1. The third-order valence-corrected chi connectivity index (χ3v) is 2.17. The van der Waals surface area contributed by atoms with Gasteiger partial charge in [-0.15, -0.1) is 0 Å². The molecule has 1 rings (SSSR count). The van der Waals surface area contributed by atoms with E-state index in [1.165, 1.54) is 12.1 Å². The largest absolute Gasteiger partial charge is 0.464 e. The van der Waals surface area contributed by atoms with E-state index in [9.17, 15) is 18.0 Å². The molecular formula is C10H9F3N2O2S. The number of rotatable bonds is 2. The average Bonchev–Trinajstić information content (AvgIpc) is 2.25. The SMILES string of the molecule is O=C(O)NNC(=S)Cc1cccc(C(F)(F)F)c1. The lowest BCUT2D eigenvalue weighted by molar-refractivity contribution is -0.137. The van der Waals surface area contributed by atoms with Gasteiger partial charge in [-0.05, 0) is 11.6 Å². The summed E-state index contributed by atoms with van der Waals surface area (Å²) in [6.45, 7) is 0. The molecule has 8 heteroatoms. The van der Waals surface area contributed by atoms with Crippen LogP contribution in [0.25, 0.3) is 0 Å². The topological polar surface area (TPSA) is 61.4 Å². The van der Waals surface area contributed by atoms with Gasteiger partial charge < -0.3 is 5.11 Å². The second-order valence-electron chi connectivity index (χ2n) is 3.35. The molecule has 1 aromatic carbocycles. The number of hydrogen-bond acceptors (Lipinski definition) is 2. The van der Waals surface area contributed by atoms with Crippen LogP contribution in [0.3, 0.4) is 0 Å². The number of nitrogens with one attached hydrogen (secondary N) is 2. The van der Waals surface area contributed by atoms with Gasteiger partial charge in [0, 0.05) is 6.42 Å². The molecule has 0 radical (unpaired) electrons. The van der Waals surface area contributed by atoms with E-state index in [1.807, 2.05) is 5.43 Å². The molecule has 0 aliphatic carbocycles. The Labute approximate surface area is 106 Å². The second-order valence-corrected chi connectivity index (χ2v) is 3.85. The van der Waals surface area contributed by atoms with Crippen LogP contribution in [0.4, 0.5) is 18.0 Å². The Morgan fingerprint density at radius 1 is 1.33 bits per heavy atom. The van der Waals surface area contributed by atoms with Crippen molar-refractivity contribution in [2.75, 3.05) is 0 Å². The molecule has 0 aliphatic heterocycles. The predicted octanol–water partition coefficient (Wildman–Crippen LogP) is 2.35. The van der Waals surface area contributed by atoms with Crippen LogP contribution >= 0.6 is 12.2 Å². The van der Waals surface area contributed by atoms with Crippen molar-refractivity contribution in [3.8, 4) is 0 Å². The third kappa shape index (κ3) is 4.58. The summed E-state index contributed by atoms with van der Waals surface area (Å²) in [5.74, 6) is 0. The summed E-state index contributed by atoms with van der Waals surface area (Å²) >= 11 is 4.77. The van der Waals surface area contributed by atoms with Gasteiger partial charge in [0.1, 0.15) is 0 Å². The van der Waals surface area contributed by atoms with E-state index in [1.54, 1.807) is 0 Å². The van der Waals surface area contributed by atoms with Crippen LogP contribution in [-0.2, 0) is 12.6 Å². The van der Waals surface area contributed by atoms with E-state index < -0.39 is 17.8 Å². The molecule has 18 heavy (non-hydrogen) atoms. The molecule has 0 spiro atoms. The number of alkyl halides is 3. The van der Waals surface area contributed by atoms with Gasteiger partial charge in [0.25, 0.3) is 0 Å². The van der Waals surface area contributed by atoms with Crippen molar-refractivity contribution in [2.24, 2.45) is 0 Å². The Bertz CT molecular complexity index is 463. The number of thiocarbonyl (C=S) groups is 1. The summed E-state index contributed by atoms with van der Waals surface area (Å²) in [6, 6.07) is 4.67. The molecule has 0 bridgehead atoms. The number of carbonyl (C=O) groups is 1. The molecule has 0 fully saturated rings. The van der Waals surface area contributed by atoms with Crippen LogP contribution in [-0.4, -0.2) is 16.2 Å². The van der Waals surface area contributed by atoms with E-state index in [0.717, 1.165) is 12.1 Å². The number of halogens is 3. The van der Waals surface area contributed by atoms with E-state index in [0.29, 0.717) is 5.56 Å². The zero-order valence-electron chi connectivity index (χ0n) is 8.91. The molecule has 0 saturated carbocycles. The monoisotopic (exact) mass is 278 g/mol. The highest BCUT2D eigenvalue weighted by Gasteiger charge is 2.30. The lowest BCUT2D eigenvalue weighted by Gasteiger charge is -2.10. The van der Waals surface area contributed by atoms with E-state index in [4.69, 9.17) is 17.3 Å². The van der Waals surface area contributed by atoms with Gasteiger partial charge in [-0.1, -0.05) is 30.4 Å². The van der Waals surface area contributed by atoms with Gasteiger partial charge in [-0.2, -0.15) is 13.2 Å². The molecule has 0 atom stereocenters. The minimum atomic E-state index is -4.41. The van der Waals surface area contributed by atoms with E-state index in [2.05, 4.69) is 5.43 Å². The molecule has 3 N–H and O–H groups in total. The number of hydrogen-bond donors (Lipinski definition) is 3. The molecule has 0 unspecified atom stereocenters. The summed E-state index contributed by atoms with van der Waals surface area (Å²) in [4.78, 5) is 10.2. The van der Waals surface area contributed by atoms with Crippen molar-refractivity contribution >= 4 is 23.3 Å². The quantitative estimate of drug-likeness (QED) is 0.574. The van der Waals surface area contributed by atoms with Gasteiger partial charge >= 0.3 is 12.3 Å². The van der Waals surface area contributed by atoms with Crippen molar-refractivity contribution in [3.63, 3.8) is 0 Å². The summed E-state index contributed by atoms with van der Waals surface area (Å²) in [7, 11) is 0. The third-order valence-electron chi connectivity index (χ3n) is 1.93.